The summed E-state index contributed by atoms with van der Waals surface area (Å²) in [6.07, 6.45) is 0.208. The number of rotatable bonds is 13. The second-order valence-electron chi connectivity index (χ2n) is 9.83. The molecule has 4 rings (SSSR count). The summed E-state index contributed by atoms with van der Waals surface area (Å²) in [6, 6.07) is 27.7. The van der Waals surface area contributed by atoms with E-state index in [1.165, 1.54) is 50.4 Å². The van der Waals surface area contributed by atoms with Gasteiger partial charge in [0.15, 0.2) is 0 Å². The molecule has 0 aromatic heterocycles. The Hall–Kier alpha value is -4.54. The molecule has 4 aromatic rings. The summed E-state index contributed by atoms with van der Waals surface area (Å²) in [4.78, 5) is 29.1. The Balaban J connectivity index is 1.81. The quantitative estimate of drug-likeness (QED) is 0.223. The number of nitrogens with zero attached hydrogens (tertiary/aromatic N) is 2. The van der Waals surface area contributed by atoms with E-state index in [-0.39, 0.29) is 29.3 Å². The standard InChI is InChI=1S/C33H34ClN3O6S/c1-35-33(39)30(21-24-9-5-4-6-10-24)36(22-25-13-15-26(34)16-14-25)32(38)23-37(29-11-7-8-12-31(29)43-3)44(40,41)28-19-17-27(42-2)18-20-28/h4-20,30H,21-23H2,1-3H3,(H,35,39)/t30-/m1/s1. The molecule has 0 saturated heterocycles. The van der Waals surface area contributed by atoms with Crippen LogP contribution in [-0.4, -0.2) is 59.0 Å². The van der Waals surface area contributed by atoms with Crippen LogP contribution in [0.3, 0.4) is 0 Å². The molecule has 230 valence electrons. The highest BCUT2D eigenvalue weighted by Gasteiger charge is 2.35. The number of carbonyl (C=O) groups is 2. The van der Waals surface area contributed by atoms with E-state index in [0.717, 1.165) is 9.87 Å². The van der Waals surface area contributed by atoms with Crippen molar-refractivity contribution in [3.05, 3.63) is 119 Å². The number of ether oxygens (including phenoxy) is 2. The van der Waals surface area contributed by atoms with Gasteiger partial charge in [-0.1, -0.05) is 66.2 Å². The molecule has 0 fully saturated rings. The Kier molecular flexibility index (Phi) is 10.9. The number of sulfonamides is 1. The van der Waals surface area contributed by atoms with Crippen molar-refractivity contribution in [2.24, 2.45) is 0 Å². The van der Waals surface area contributed by atoms with Crippen molar-refractivity contribution in [3.63, 3.8) is 0 Å². The Morgan fingerprint density at radius 3 is 2.07 bits per heavy atom. The van der Waals surface area contributed by atoms with Crippen molar-refractivity contribution in [2.45, 2.75) is 23.9 Å². The van der Waals surface area contributed by atoms with Gasteiger partial charge in [0.25, 0.3) is 10.0 Å². The fourth-order valence-corrected chi connectivity index (χ4v) is 6.28. The predicted molar refractivity (Wildman–Crippen MR) is 171 cm³/mol. The first-order valence-corrected chi connectivity index (χ1v) is 15.6. The van der Waals surface area contributed by atoms with Crippen molar-refractivity contribution < 1.29 is 27.5 Å². The maximum atomic E-state index is 14.4. The summed E-state index contributed by atoms with van der Waals surface area (Å²) in [5, 5.41) is 3.19. The summed E-state index contributed by atoms with van der Waals surface area (Å²) in [7, 11) is 0.110. The summed E-state index contributed by atoms with van der Waals surface area (Å²) in [6.45, 7) is -0.576. The Morgan fingerprint density at radius 2 is 1.45 bits per heavy atom. The molecule has 0 radical (unpaired) electrons. The van der Waals surface area contributed by atoms with Gasteiger partial charge in [-0.05, 0) is 59.7 Å². The van der Waals surface area contributed by atoms with Gasteiger partial charge >= 0.3 is 0 Å². The number of para-hydroxylation sites is 2. The number of benzene rings is 4. The zero-order chi connectivity index (χ0) is 31.7. The van der Waals surface area contributed by atoms with Crippen molar-refractivity contribution in [1.29, 1.82) is 0 Å². The summed E-state index contributed by atoms with van der Waals surface area (Å²) in [5.74, 6) is -0.244. The van der Waals surface area contributed by atoms with E-state index in [1.54, 1.807) is 48.5 Å². The fourth-order valence-electron chi connectivity index (χ4n) is 4.73. The highest BCUT2D eigenvalue weighted by atomic mass is 35.5. The van der Waals surface area contributed by atoms with Gasteiger partial charge in [-0.2, -0.15) is 0 Å². The second-order valence-corrected chi connectivity index (χ2v) is 12.1. The average molecular weight is 636 g/mol. The van der Waals surface area contributed by atoms with E-state index in [2.05, 4.69) is 5.32 Å². The SMILES string of the molecule is CNC(=O)[C@@H](Cc1ccccc1)N(Cc1ccc(Cl)cc1)C(=O)CN(c1ccccc1OC)S(=O)(=O)c1ccc(OC)cc1. The van der Waals surface area contributed by atoms with Crippen molar-refractivity contribution in [3.8, 4) is 11.5 Å². The zero-order valence-corrected chi connectivity index (χ0v) is 26.2. The Labute approximate surface area is 263 Å². The molecule has 0 aliphatic heterocycles. The lowest BCUT2D eigenvalue weighted by atomic mass is 10.0. The third kappa shape index (κ3) is 7.69. The van der Waals surface area contributed by atoms with Crippen LogP contribution < -0.4 is 19.1 Å². The number of amides is 2. The molecule has 11 heteroatoms. The van der Waals surface area contributed by atoms with E-state index in [9.17, 15) is 18.0 Å². The minimum atomic E-state index is -4.30. The first kappa shape index (κ1) is 32.4. The number of carbonyl (C=O) groups excluding carboxylic acids is 2. The van der Waals surface area contributed by atoms with Gasteiger partial charge in [-0.15, -0.1) is 0 Å². The smallest absolute Gasteiger partial charge is 0.264 e. The zero-order valence-electron chi connectivity index (χ0n) is 24.6. The predicted octanol–water partition coefficient (Wildman–Crippen LogP) is 4.94. The van der Waals surface area contributed by atoms with Crippen LogP contribution in [-0.2, 0) is 32.6 Å². The van der Waals surface area contributed by atoms with E-state index < -0.39 is 34.4 Å². The first-order valence-electron chi connectivity index (χ1n) is 13.8. The van der Waals surface area contributed by atoms with Gasteiger partial charge in [0.1, 0.15) is 24.1 Å². The highest BCUT2D eigenvalue weighted by molar-refractivity contribution is 7.92. The topological polar surface area (TPSA) is 105 Å². The Bertz CT molecular complexity index is 1670. The van der Waals surface area contributed by atoms with Gasteiger partial charge in [0, 0.05) is 25.0 Å². The van der Waals surface area contributed by atoms with Crippen LogP contribution in [0.25, 0.3) is 0 Å². The number of halogens is 1. The van der Waals surface area contributed by atoms with Gasteiger partial charge in [0.2, 0.25) is 11.8 Å². The molecule has 2 amide bonds. The molecule has 9 nitrogen and oxygen atoms in total. The van der Waals surface area contributed by atoms with Gasteiger partial charge < -0.3 is 19.7 Å². The van der Waals surface area contributed by atoms with Gasteiger partial charge in [0.05, 0.1) is 24.8 Å². The van der Waals surface area contributed by atoms with Crippen molar-refractivity contribution in [2.75, 3.05) is 32.1 Å². The number of hydrogen-bond donors (Lipinski definition) is 1. The molecular weight excluding hydrogens is 602 g/mol. The monoisotopic (exact) mass is 635 g/mol. The third-order valence-corrected chi connectivity index (χ3v) is 9.09. The summed E-state index contributed by atoms with van der Waals surface area (Å²) < 4.78 is 40.0. The number of anilines is 1. The molecule has 4 aromatic carbocycles. The summed E-state index contributed by atoms with van der Waals surface area (Å²) in [5.41, 5.74) is 1.72. The number of hydrogen-bond acceptors (Lipinski definition) is 6. The molecule has 0 aliphatic rings. The van der Waals surface area contributed by atoms with Crippen LogP contribution >= 0.6 is 11.6 Å². The van der Waals surface area contributed by atoms with Crippen LogP contribution in [0.5, 0.6) is 11.5 Å². The van der Waals surface area contributed by atoms with Gasteiger partial charge in [-0.25, -0.2) is 8.42 Å². The van der Waals surface area contributed by atoms with E-state index in [1.807, 2.05) is 30.3 Å². The van der Waals surface area contributed by atoms with Crippen LogP contribution in [0.15, 0.2) is 108 Å². The molecule has 0 unspecified atom stereocenters. The lowest BCUT2D eigenvalue weighted by Gasteiger charge is -2.34. The Morgan fingerprint density at radius 1 is 0.818 bits per heavy atom. The van der Waals surface area contributed by atoms with Crippen LogP contribution in [0.2, 0.25) is 5.02 Å². The second kappa shape index (κ2) is 14.8. The molecule has 0 heterocycles. The van der Waals surface area contributed by atoms with Crippen LogP contribution in [0.4, 0.5) is 5.69 Å². The number of likely N-dealkylation sites (N-methyl/N-ethyl adjacent to an activating group) is 1. The number of methoxy groups -OCH3 is 2. The molecule has 0 saturated carbocycles. The fraction of sp³-hybridized carbons (Fsp3) is 0.212. The minimum absolute atomic E-state index is 0.0310. The minimum Gasteiger partial charge on any atom is -0.497 e. The molecule has 44 heavy (non-hydrogen) atoms. The number of nitrogens with one attached hydrogen (secondary N) is 1. The maximum Gasteiger partial charge on any atom is 0.264 e. The molecule has 0 spiro atoms. The van der Waals surface area contributed by atoms with E-state index in [0.29, 0.717) is 16.3 Å². The first-order chi connectivity index (χ1) is 21.2. The van der Waals surface area contributed by atoms with Crippen molar-refractivity contribution >= 4 is 39.1 Å². The van der Waals surface area contributed by atoms with Crippen LogP contribution in [0.1, 0.15) is 11.1 Å². The molecule has 1 atom stereocenters. The third-order valence-electron chi connectivity index (χ3n) is 7.06. The average Bonchev–Trinajstić information content (AvgIpc) is 3.06. The molecular formula is C33H34ClN3O6S. The van der Waals surface area contributed by atoms with Gasteiger partial charge in [-0.3, -0.25) is 13.9 Å². The molecule has 0 aliphatic carbocycles. The molecule has 1 N–H and O–H groups in total. The lowest BCUT2D eigenvalue weighted by molar-refractivity contribution is -0.139. The normalized spacial score (nSPS) is 11.7. The van der Waals surface area contributed by atoms with Crippen molar-refractivity contribution in [1.82, 2.24) is 10.2 Å². The lowest BCUT2D eigenvalue weighted by Crippen LogP contribution is -2.53. The largest absolute Gasteiger partial charge is 0.497 e. The molecule has 0 bridgehead atoms. The van der Waals surface area contributed by atoms with Crippen LogP contribution in [0, 0.1) is 0 Å². The van der Waals surface area contributed by atoms with E-state index in [4.69, 9.17) is 21.1 Å². The highest BCUT2D eigenvalue weighted by Crippen LogP contribution is 2.33. The van der Waals surface area contributed by atoms with E-state index >= 15 is 0 Å². The summed E-state index contributed by atoms with van der Waals surface area (Å²) >= 11 is 6.11. The maximum absolute atomic E-state index is 14.4.